The van der Waals surface area contributed by atoms with E-state index in [1.165, 1.54) is 12.8 Å². The zero-order valence-corrected chi connectivity index (χ0v) is 12.5. The van der Waals surface area contributed by atoms with Crippen LogP contribution in [0, 0.1) is 0 Å². The van der Waals surface area contributed by atoms with Crippen molar-refractivity contribution in [1.29, 1.82) is 0 Å². The van der Waals surface area contributed by atoms with Crippen LogP contribution in [0.15, 0.2) is 18.3 Å². The number of hydrogen-bond acceptors (Lipinski definition) is 4. The molecule has 1 heterocycles. The van der Waals surface area contributed by atoms with Crippen LogP contribution < -0.4 is 10.6 Å². The predicted molar refractivity (Wildman–Crippen MR) is 81.0 cm³/mol. The molecule has 1 aliphatic carbocycles. The summed E-state index contributed by atoms with van der Waals surface area (Å²) in [5.74, 6) is -0.0625. The van der Waals surface area contributed by atoms with Crippen molar-refractivity contribution in [2.45, 2.75) is 37.8 Å². The van der Waals surface area contributed by atoms with Gasteiger partial charge in [0.2, 0.25) is 0 Å². The predicted octanol–water partition coefficient (Wildman–Crippen LogP) is 1.73. The van der Waals surface area contributed by atoms with E-state index in [-0.39, 0.29) is 5.91 Å². The van der Waals surface area contributed by atoms with Gasteiger partial charge in [0.15, 0.2) is 0 Å². The van der Waals surface area contributed by atoms with Gasteiger partial charge in [-0.15, -0.1) is 0 Å². The highest BCUT2D eigenvalue weighted by atomic mass is 16.2. The maximum Gasteiger partial charge on any atom is 0.272 e. The number of pyridine rings is 1. The van der Waals surface area contributed by atoms with Gasteiger partial charge in [-0.2, -0.15) is 0 Å². The lowest BCUT2D eigenvalue weighted by Gasteiger charge is -2.29. The normalized spacial score (nSPS) is 22.4. The number of nitrogens with zero attached hydrogens (tertiary/aromatic N) is 2. The summed E-state index contributed by atoms with van der Waals surface area (Å²) in [7, 11) is 5.51. The lowest BCUT2D eigenvalue weighted by molar-refractivity contribution is 0.0822. The van der Waals surface area contributed by atoms with E-state index in [1.807, 2.05) is 19.2 Å². The maximum atomic E-state index is 11.9. The molecule has 0 spiro atoms. The number of aromatic nitrogens is 1. The first kappa shape index (κ1) is 14.8. The molecule has 1 aliphatic rings. The second-order valence-corrected chi connectivity index (χ2v) is 5.61. The molecule has 0 radical (unpaired) electrons. The van der Waals surface area contributed by atoms with E-state index in [2.05, 4.69) is 15.6 Å². The summed E-state index contributed by atoms with van der Waals surface area (Å²) in [4.78, 5) is 17.6. The summed E-state index contributed by atoms with van der Waals surface area (Å²) in [5, 5.41) is 6.86. The summed E-state index contributed by atoms with van der Waals surface area (Å²) < 4.78 is 0. The van der Waals surface area contributed by atoms with Gasteiger partial charge in [0.1, 0.15) is 5.69 Å². The Hall–Kier alpha value is -1.62. The Kier molecular flexibility index (Phi) is 4.95. The minimum Gasteiger partial charge on any atom is -0.382 e. The Bertz CT molecular complexity index is 453. The highest BCUT2D eigenvalue weighted by Crippen LogP contribution is 2.22. The standard InChI is InChI=1S/C15H24N4O/c1-16-11-4-6-12(7-5-11)18-13-8-9-17-14(10-13)15(20)19(2)3/h8-12,16H,4-7H2,1-3H3,(H,17,18). The van der Waals surface area contributed by atoms with E-state index in [0.717, 1.165) is 18.5 Å². The third kappa shape index (κ3) is 3.70. The van der Waals surface area contributed by atoms with Crippen molar-refractivity contribution in [3.8, 4) is 0 Å². The summed E-state index contributed by atoms with van der Waals surface area (Å²) >= 11 is 0. The number of carbonyl (C=O) groups is 1. The molecule has 5 nitrogen and oxygen atoms in total. The number of anilines is 1. The second-order valence-electron chi connectivity index (χ2n) is 5.61. The molecule has 5 heteroatoms. The summed E-state index contributed by atoms with van der Waals surface area (Å²) in [6.45, 7) is 0. The summed E-state index contributed by atoms with van der Waals surface area (Å²) in [5.41, 5.74) is 1.47. The lowest BCUT2D eigenvalue weighted by Crippen LogP contribution is -2.35. The van der Waals surface area contributed by atoms with Crippen molar-refractivity contribution in [3.63, 3.8) is 0 Å². The smallest absolute Gasteiger partial charge is 0.272 e. The van der Waals surface area contributed by atoms with E-state index in [9.17, 15) is 4.79 Å². The van der Waals surface area contributed by atoms with Gasteiger partial charge in [-0.1, -0.05) is 0 Å². The van der Waals surface area contributed by atoms with Gasteiger partial charge < -0.3 is 15.5 Å². The van der Waals surface area contributed by atoms with Crippen LogP contribution in [0.3, 0.4) is 0 Å². The van der Waals surface area contributed by atoms with E-state index in [0.29, 0.717) is 17.8 Å². The van der Waals surface area contributed by atoms with Crippen molar-refractivity contribution in [2.75, 3.05) is 26.5 Å². The molecule has 0 aromatic carbocycles. The van der Waals surface area contributed by atoms with Crippen molar-refractivity contribution in [3.05, 3.63) is 24.0 Å². The minimum absolute atomic E-state index is 0.0625. The number of rotatable bonds is 4. The third-order valence-electron chi connectivity index (χ3n) is 3.89. The first-order valence-electron chi connectivity index (χ1n) is 7.21. The molecule has 1 aromatic rings. The lowest BCUT2D eigenvalue weighted by atomic mass is 9.91. The molecule has 20 heavy (non-hydrogen) atoms. The molecule has 2 N–H and O–H groups in total. The zero-order valence-electron chi connectivity index (χ0n) is 12.5. The van der Waals surface area contributed by atoms with E-state index in [4.69, 9.17) is 0 Å². The van der Waals surface area contributed by atoms with Crippen LogP contribution >= 0.6 is 0 Å². The van der Waals surface area contributed by atoms with Crippen LogP contribution in [0.1, 0.15) is 36.2 Å². The molecule has 2 rings (SSSR count). The largest absolute Gasteiger partial charge is 0.382 e. The van der Waals surface area contributed by atoms with Crippen molar-refractivity contribution in [2.24, 2.45) is 0 Å². The van der Waals surface area contributed by atoms with Crippen LogP contribution in [-0.4, -0.2) is 49.0 Å². The van der Waals surface area contributed by atoms with Crippen LogP contribution in [0.25, 0.3) is 0 Å². The molecule has 0 aliphatic heterocycles. The van der Waals surface area contributed by atoms with Crippen molar-refractivity contribution < 1.29 is 4.79 Å². The zero-order chi connectivity index (χ0) is 14.5. The van der Waals surface area contributed by atoms with Crippen LogP contribution in [-0.2, 0) is 0 Å². The summed E-state index contributed by atoms with van der Waals surface area (Å²) in [6, 6.07) is 4.91. The Morgan fingerprint density at radius 2 is 1.90 bits per heavy atom. The first-order valence-corrected chi connectivity index (χ1v) is 7.21. The van der Waals surface area contributed by atoms with Crippen LogP contribution in [0.2, 0.25) is 0 Å². The first-order chi connectivity index (χ1) is 9.60. The average Bonchev–Trinajstić information content (AvgIpc) is 2.47. The molecular formula is C15H24N4O. The Labute approximate surface area is 120 Å². The van der Waals surface area contributed by atoms with E-state index in [1.54, 1.807) is 25.2 Å². The number of hydrogen-bond donors (Lipinski definition) is 2. The maximum absolute atomic E-state index is 11.9. The highest BCUT2D eigenvalue weighted by molar-refractivity contribution is 5.92. The van der Waals surface area contributed by atoms with Gasteiger partial charge in [0.25, 0.3) is 5.91 Å². The number of carbonyl (C=O) groups excluding carboxylic acids is 1. The molecule has 1 amide bonds. The highest BCUT2D eigenvalue weighted by Gasteiger charge is 2.20. The second kappa shape index (κ2) is 6.70. The van der Waals surface area contributed by atoms with Crippen molar-refractivity contribution in [1.82, 2.24) is 15.2 Å². The molecule has 110 valence electrons. The molecule has 0 bridgehead atoms. The van der Waals surface area contributed by atoms with Crippen LogP contribution in [0.5, 0.6) is 0 Å². The molecule has 1 saturated carbocycles. The van der Waals surface area contributed by atoms with E-state index < -0.39 is 0 Å². The topological polar surface area (TPSA) is 57.3 Å². The van der Waals surface area contributed by atoms with Crippen LogP contribution in [0.4, 0.5) is 5.69 Å². The Morgan fingerprint density at radius 1 is 1.25 bits per heavy atom. The third-order valence-corrected chi connectivity index (χ3v) is 3.89. The molecular weight excluding hydrogens is 252 g/mol. The molecule has 1 aromatic heterocycles. The van der Waals surface area contributed by atoms with E-state index >= 15 is 0 Å². The Balaban J connectivity index is 1.97. The fraction of sp³-hybridized carbons (Fsp3) is 0.600. The molecule has 0 unspecified atom stereocenters. The SMILES string of the molecule is CNC1CCC(Nc2ccnc(C(=O)N(C)C)c2)CC1. The number of nitrogens with one attached hydrogen (secondary N) is 2. The summed E-state index contributed by atoms with van der Waals surface area (Å²) in [6.07, 6.45) is 6.40. The van der Waals surface area contributed by atoms with Gasteiger partial charge in [-0.25, -0.2) is 0 Å². The fourth-order valence-electron chi connectivity index (χ4n) is 2.63. The average molecular weight is 276 g/mol. The monoisotopic (exact) mass is 276 g/mol. The van der Waals surface area contributed by atoms with Gasteiger partial charge in [0, 0.05) is 38.1 Å². The van der Waals surface area contributed by atoms with Gasteiger partial charge in [-0.05, 0) is 44.9 Å². The molecule has 0 saturated heterocycles. The van der Waals surface area contributed by atoms with Gasteiger partial charge in [-0.3, -0.25) is 9.78 Å². The van der Waals surface area contributed by atoms with Gasteiger partial charge >= 0.3 is 0 Å². The molecule has 1 fully saturated rings. The quantitative estimate of drug-likeness (QED) is 0.879. The Morgan fingerprint density at radius 3 is 2.50 bits per heavy atom. The van der Waals surface area contributed by atoms with Gasteiger partial charge in [0.05, 0.1) is 0 Å². The minimum atomic E-state index is -0.0625. The fourth-order valence-corrected chi connectivity index (χ4v) is 2.63. The molecule has 0 atom stereocenters. The van der Waals surface area contributed by atoms with Crippen molar-refractivity contribution >= 4 is 11.6 Å². The number of amides is 1.